The molecule has 1 heterocycles. The van der Waals surface area contributed by atoms with Crippen LogP contribution in [0.1, 0.15) is 19.5 Å². The highest BCUT2D eigenvalue weighted by atomic mass is 16.5. The summed E-state index contributed by atoms with van der Waals surface area (Å²) in [5.41, 5.74) is 5.91. The van der Waals surface area contributed by atoms with Crippen LogP contribution in [0.3, 0.4) is 0 Å². The molecule has 0 aliphatic carbocycles. The summed E-state index contributed by atoms with van der Waals surface area (Å²) in [7, 11) is 0. The zero-order valence-corrected chi connectivity index (χ0v) is 10.3. The fourth-order valence-corrected chi connectivity index (χ4v) is 1.48. The molecule has 17 heavy (non-hydrogen) atoms. The van der Waals surface area contributed by atoms with Crippen LogP contribution in [-0.2, 0) is 4.74 Å². The van der Waals surface area contributed by atoms with E-state index in [1.807, 2.05) is 18.7 Å². The Morgan fingerprint density at radius 2 is 2.12 bits per heavy atom. The molecule has 0 aromatic carbocycles. The molecule has 94 valence electrons. The second-order valence-corrected chi connectivity index (χ2v) is 3.42. The van der Waals surface area contributed by atoms with E-state index >= 15 is 0 Å². The molecule has 6 heteroatoms. The van der Waals surface area contributed by atoms with E-state index in [1.165, 1.54) is 6.20 Å². The highest BCUT2D eigenvalue weighted by molar-refractivity contribution is 5.97. The summed E-state index contributed by atoms with van der Waals surface area (Å²) in [5.74, 6) is 0.574. The van der Waals surface area contributed by atoms with Crippen LogP contribution in [0.2, 0.25) is 0 Å². The number of rotatable bonds is 7. The third kappa shape index (κ3) is 3.67. The van der Waals surface area contributed by atoms with Crippen LogP contribution in [0.5, 0.6) is 0 Å². The number of ether oxygens (including phenoxy) is 1. The normalized spacial score (nSPS) is 10.2. The van der Waals surface area contributed by atoms with Crippen LogP contribution in [0, 0.1) is 5.41 Å². The largest absolute Gasteiger partial charge is 0.382 e. The van der Waals surface area contributed by atoms with Gasteiger partial charge in [-0.05, 0) is 13.8 Å². The fourth-order valence-electron chi connectivity index (χ4n) is 1.48. The number of likely N-dealkylation sites (N-methyl/N-ethyl adjacent to an activating group) is 1. The first kappa shape index (κ1) is 13.4. The van der Waals surface area contributed by atoms with Crippen molar-refractivity contribution in [3.63, 3.8) is 0 Å². The van der Waals surface area contributed by atoms with Gasteiger partial charge < -0.3 is 15.4 Å². The van der Waals surface area contributed by atoms with Crippen molar-refractivity contribution in [2.45, 2.75) is 13.8 Å². The molecule has 6 nitrogen and oxygen atoms in total. The van der Waals surface area contributed by atoms with Crippen molar-refractivity contribution in [2.75, 3.05) is 31.2 Å². The Bertz CT molecular complexity index is 369. The molecule has 0 aliphatic heterocycles. The molecule has 0 atom stereocenters. The van der Waals surface area contributed by atoms with Crippen LogP contribution in [-0.4, -0.2) is 42.1 Å². The van der Waals surface area contributed by atoms with Crippen molar-refractivity contribution in [3.8, 4) is 0 Å². The van der Waals surface area contributed by atoms with Crippen molar-refractivity contribution < 1.29 is 4.74 Å². The number of anilines is 1. The zero-order chi connectivity index (χ0) is 12.7. The number of hydrogen-bond acceptors (Lipinski definition) is 5. The Balaban J connectivity index is 2.83. The number of hydrogen-bond donors (Lipinski definition) is 2. The molecular weight excluding hydrogens is 218 g/mol. The fraction of sp³-hybridized carbons (Fsp3) is 0.545. The van der Waals surface area contributed by atoms with Crippen molar-refractivity contribution in [1.82, 2.24) is 9.97 Å². The Kier molecular flexibility index (Phi) is 5.35. The number of nitrogens with zero attached hydrogens (tertiary/aromatic N) is 3. The number of nitrogens with one attached hydrogen (secondary N) is 1. The van der Waals surface area contributed by atoms with E-state index < -0.39 is 0 Å². The van der Waals surface area contributed by atoms with Gasteiger partial charge in [-0.3, -0.25) is 5.41 Å². The average Bonchev–Trinajstić information content (AvgIpc) is 2.35. The minimum atomic E-state index is -0.0667. The van der Waals surface area contributed by atoms with Gasteiger partial charge in [-0.2, -0.15) is 0 Å². The monoisotopic (exact) mass is 237 g/mol. The Labute approximate surface area is 101 Å². The third-order valence-electron chi connectivity index (χ3n) is 2.32. The summed E-state index contributed by atoms with van der Waals surface area (Å²) in [4.78, 5) is 10.3. The van der Waals surface area contributed by atoms with Crippen molar-refractivity contribution >= 4 is 11.7 Å². The summed E-state index contributed by atoms with van der Waals surface area (Å²) in [6, 6.07) is 0. The van der Waals surface area contributed by atoms with E-state index in [0.29, 0.717) is 31.3 Å². The van der Waals surface area contributed by atoms with Crippen molar-refractivity contribution in [1.29, 1.82) is 5.41 Å². The van der Waals surface area contributed by atoms with Gasteiger partial charge in [0, 0.05) is 32.1 Å². The number of aromatic nitrogens is 2. The first-order valence-electron chi connectivity index (χ1n) is 5.68. The Morgan fingerprint density at radius 3 is 2.71 bits per heavy atom. The zero-order valence-electron chi connectivity index (χ0n) is 10.3. The summed E-state index contributed by atoms with van der Waals surface area (Å²) in [6.45, 7) is 6.77. The first-order chi connectivity index (χ1) is 8.20. The van der Waals surface area contributed by atoms with E-state index in [1.54, 1.807) is 6.20 Å². The Morgan fingerprint density at radius 1 is 1.41 bits per heavy atom. The maximum absolute atomic E-state index is 7.48. The second-order valence-electron chi connectivity index (χ2n) is 3.42. The van der Waals surface area contributed by atoms with Crippen LogP contribution in [0.4, 0.5) is 5.82 Å². The molecule has 0 amide bonds. The molecule has 0 radical (unpaired) electrons. The third-order valence-corrected chi connectivity index (χ3v) is 2.32. The molecule has 1 aromatic heterocycles. The van der Waals surface area contributed by atoms with E-state index in [0.717, 1.165) is 6.54 Å². The van der Waals surface area contributed by atoms with Crippen LogP contribution in [0.15, 0.2) is 12.4 Å². The molecule has 1 rings (SSSR count). The molecular formula is C11H19N5O. The Hall–Kier alpha value is -1.69. The topological polar surface area (TPSA) is 88.1 Å². The molecule has 0 fully saturated rings. The van der Waals surface area contributed by atoms with Gasteiger partial charge >= 0.3 is 0 Å². The summed E-state index contributed by atoms with van der Waals surface area (Å²) in [5, 5.41) is 7.48. The molecule has 0 aliphatic rings. The lowest BCUT2D eigenvalue weighted by atomic mass is 10.3. The maximum Gasteiger partial charge on any atom is 0.158 e. The van der Waals surface area contributed by atoms with Gasteiger partial charge in [-0.15, -0.1) is 0 Å². The van der Waals surface area contributed by atoms with Gasteiger partial charge in [-0.1, -0.05) is 0 Å². The summed E-state index contributed by atoms with van der Waals surface area (Å²) < 4.78 is 5.31. The predicted molar refractivity (Wildman–Crippen MR) is 67.4 cm³/mol. The van der Waals surface area contributed by atoms with Gasteiger partial charge in [0.05, 0.1) is 6.61 Å². The standard InChI is InChI=1S/C11H19N5O/c1-3-16(7-8-17-4-2)11-9(10(12)13)14-5-6-15-11/h5-6H,3-4,7-8H2,1-2H3,(H3,12,13). The van der Waals surface area contributed by atoms with E-state index in [-0.39, 0.29) is 5.84 Å². The van der Waals surface area contributed by atoms with E-state index in [4.69, 9.17) is 15.9 Å². The van der Waals surface area contributed by atoms with Crippen LogP contribution >= 0.6 is 0 Å². The highest BCUT2D eigenvalue weighted by Crippen LogP contribution is 2.13. The second kappa shape index (κ2) is 6.80. The lowest BCUT2D eigenvalue weighted by Gasteiger charge is -2.23. The first-order valence-corrected chi connectivity index (χ1v) is 5.68. The van der Waals surface area contributed by atoms with Gasteiger partial charge in [0.1, 0.15) is 11.5 Å². The van der Waals surface area contributed by atoms with Crippen LogP contribution < -0.4 is 10.6 Å². The molecule has 0 bridgehead atoms. The molecule has 0 spiro atoms. The smallest absolute Gasteiger partial charge is 0.158 e. The molecule has 3 N–H and O–H groups in total. The van der Waals surface area contributed by atoms with Crippen LogP contribution in [0.25, 0.3) is 0 Å². The highest BCUT2D eigenvalue weighted by Gasteiger charge is 2.13. The molecule has 0 saturated heterocycles. The number of nitrogens with two attached hydrogens (primary N) is 1. The predicted octanol–water partition coefficient (Wildman–Crippen LogP) is 0.623. The summed E-state index contributed by atoms with van der Waals surface area (Å²) in [6.07, 6.45) is 3.14. The van der Waals surface area contributed by atoms with Crippen molar-refractivity contribution in [2.24, 2.45) is 5.73 Å². The molecule has 0 saturated carbocycles. The van der Waals surface area contributed by atoms with Gasteiger partial charge in [0.25, 0.3) is 0 Å². The average molecular weight is 237 g/mol. The number of amidine groups is 1. The maximum atomic E-state index is 7.48. The van der Waals surface area contributed by atoms with Crippen molar-refractivity contribution in [3.05, 3.63) is 18.1 Å². The summed E-state index contributed by atoms with van der Waals surface area (Å²) >= 11 is 0. The van der Waals surface area contributed by atoms with Gasteiger partial charge in [0.2, 0.25) is 0 Å². The molecule has 1 aromatic rings. The SMILES string of the molecule is CCOCCN(CC)c1nccnc1C(=N)N. The van der Waals surface area contributed by atoms with Gasteiger partial charge in [-0.25, -0.2) is 9.97 Å². The lowest BCUT2D eigenvalue weighted by Crippen LogP contribution is -2.31. The minimum absolute atomic E-state index is 0.0667. The molecule has 0 unspecified atom stereocenters. The van der Waals surface area contributed by atoms with Gasteiger partial charge in [0.15, 0.2) is 5.82 Å². The lowest BCUT2D eigenvalue weighted by molar-refractivity contribution is 0.154. The number of nitrogen functional groups attached to an aromatic ring is 1. The minimum Gasteiger partial charge on any atom is -0.382 e. The van der Waals surface area contributed by atoms with E-state index in [9.17, 15) is 0 Å². The van der Waals surface area contributed by atoms with E-state index in [2.05, 4.69) is 9.97 Å². The quantitative estimate of drug-likeness (QED) is 0.412.